The number of hydrogen-bond donors (Lipinski definition) is 1. The molecule has 0 aromatic carbocycles. The van der Waals surface area contributed by atoms with Crippen molar-refractivity contribution in [1.82, 2.24) is 10.2 Å². The first-order valence-corrected chi connectivity index (χ1v) is 7.18. The van der Waals surface area contributed by atoms with Gasteiger partial charge in [-0.05, 0) is 53.1 Å². The molecule has 1 fully saturated rings. The molecule has 1 aliphatic heterocycles. The van der Waals surface area contributed by atoms with Gasteiger partial charge in [0, 0.05) is 31.3 Å². The van der Waals surface area contributed by atoms with Crippen LogP contribution in [0.5, 0.6) is 0 Å². The highest BCUT2D eigenvalue weighted by atomic mass is 16.5. The fourth-order valence-corrected chi connectivity index (χ4v) is 2.60. The van der Waals surface area contributed by atoms with Gasteiger partial charge < -0.3 is 15.0 Å². The van der Waals surface area contributed by atoms with Gasteiger partial charge in [0.05, 0.1) is 0 Å². The molecule has 0 saturated carbocycles. The maximum absolute atomic E-state index is 5.42. The third-order valence-electron chi connectivity index (χ3n) is 3.90. The van der Waals surface area contributed by atoms with Gasteiger partial charge in [0.15, 0.2) is 0 Å². The third-order valence-corrected chi connectivity index (χ3v) is 3.90. The van der Waals surface area contributed by atoms with Gasteiger partial charge in [-0.15, -0.1) is 0 Å². The average molecular weight is 242 g/mol. The van der Waals surface area contributed by atoms with E-state index >= 15 is 0 Å². The van der Waals surface area contributed by atoms with Gasteiger partial charge in [-0.3, -0.25) is 0 Å². The topological polar surface area (TPSA) is 24.5 Å². The molecule has 0 bridgehead atoms. The lowest BCUT2D eigenvalue weighted by atomic mass is 10.0. The number of rotatable bonds is 7. The lowest BCUT2D eigenvalue weighted by molar-refractivity contribution is 0.0287. The number of ether oxygens (including phenoxy) is 1. The highest BCUT2D eigenvalue weighted by molar-refractivity contribution is 4.78. The van der Waals surface area contributed by atoms with Gasteiger partial charge in [-0.1, -0.05) is 6.92 Å². The molecule has 2 atom stereocenters. The molecule has 0 aromatic rings. The van der Waals surface area contributed by atoms with Crippen molar-refractivity contribution in [3.63, 3.8) is 0 Å². The molecular formula is C14H30N2O. The van der Waals surface area contributed by atoms with Crippen LogP contribution in [0, 0.1) is 0 Å². The van der Waals surface area contributed by atoms with E-state index in [1.54, 1.807) is 0 Å². The van der Waals surface area contributed by atoms with Crippen LogP contribution >= 0.6 is 0 Å². The minimum absolute atomic E-state index is 0.618. The van der Waals surface area contributed by atoms with Crippen LogP contribution in [-0.2, 0) is 4.74 Å². The second-order valence-electron chi connectivity index (χ2n) is 5.45. The minimum Gasteiger partial charge on any atom is -0.381 e. The maximum Gasteiger partial charge on any atom is 0.0480 e. The van der Waals surface area contributed by atoms with Gasteiger partial charge in [0.2, 0.25) is 0 Å². The van der Waals surface area contributed by atoms with Crippen molar-refractivity contribution in [1.29, 1.82) is 0 Å². The summed E-state index contributed by atoms with van der Waals surface area (Å²) >= 11 is 0. The quantitative estimate of drug-likeness (QED) is 0.741. The molecule has 1 saturated heterocycles. The number of nitrogens with one attached hydrogen (secondary N) is 1. The first kappa shape index (κ1) is 14.9. The highest BCUT2D eigenvalue weighted by Gasteiger charge is 2.23. The summed E-state index contributed by atoms with van der Waals surface area (Å²) in [5, 5.41) is 3.57. The molecule has 3 heteroatoms. The predicted octanol–water partition coefficient (Wildman–Crippen LogP) is 2.26. The molecule has 1 rings (SSSR count). The molecule has 1 N–H and O–H groups in total. The smallest absolute Gasteiger partial charge is 0.0480 e. The molecule has 0 radical (unpaired) electrons. The standard InChI is InChI=1S/C14H30N2O/c1-5-8-15-12(2)11-13(3)16(4)14-6-9-17-10-7-14/h12-15H,5-11H2,1-4H3. The van der Waals surface area contributed by atoms with Crippen LogP contribution in [-0.4, -0.2) is 49.8 Å². The van der Waals surface area contributed by atoms with Crippen LogP contribution in [0.2, 0.25) is 0 Å². The monoisotopic (exact) mass is 242 g/mol. The summed E-state index contributed by atoms with van der Waals surface area (Å²) in [6, 6.07) is 1.99. The fraction of sp³-hybridized carbons (Fsp3) is 1.00. The second-order valence-corrected chi connectivity index (χ2v) is 5.45. The molecule has 1 heterocycles. The van der Waals surface area contributed by atoms with E-state index in [1.165, 1.54) is 25.7 Å². The third kappa shape index (κ3) is 5.36. The van der Waals surface area contributed by atoms with Crippen molar-refractivity contribution in [2.75, 3.05) is 26.8 Å². The minimum atomic E-state index is 0.618. The van der Waals surface area contributed by atoms with E-state index in [4.69, 9.17) is 4.74 Å². The number of nitrogens with zero attached hydrogens (tertiary/aromatic N) is 1. The lowest BCUT2D eigenvalue weighted by Gasteiger charge is -2.36. The Morgan fingerprint density at radius 2 is 1.94 bits per heavy atom. The van der Waals surface area contributed by atoms with Gasteiger partial charge in [-0.25, -0.2) is 0 Å². The van der Waals surface area contributed by atoms with E-state index in [0.29, 0.717) is 12.1 Å². The summed E-state index contributed by atoms with van der Waals surface area (Å²) in [6.07, 6.45) is 4.83. The van der Waals surface area contributed by atoms with Crippen molar-refractivity contribution in [3.05, 3.63) is 0 Å². The van der Waals surface area contributed by atoms with Crippen molar-refractivity contribution in [3.8, 4) is 0 Å². The van der Waals surface area contributed by atoms with Crippen LogP contribution in [0.4, 0.5) is 0 Å². The van der Waals surface area contributed by atoms with E-state index < -0.39 is 0 Å². The molecule has 0 amide bonds. The Morgan fingerprint density at radius 3 is 2.53 bits per heavy atom. The molecule has 1 aliphatic rings. The zero-order chi connectivity index (χ0) is 12.7. The van der Waals surface area contributed by atoms with Gasteiger partial charge >= 0.3 is 0 Å². The number of hydrogen-bond acceptors (Lipinski definition) is 3. The predicted molar refractivity (Wildman–Crippen MR) is 73.4 cm³/mol. The summed E-state index contributed by atoms with van der Waals surface area (Å²) in [7, 11) is 2.27. The Bertz CT molecular complexity index is 193. The molecule has 0 aliphatic carbocycles. The van der Waals surface area contributed by atoms with Crippen LogP contribution < -0.4 is 5.32 Å². The zero-order valence-corrected chi connectivity index (χ0v) is 12.0. The van der Waals surface area contributed by atoms with Crippen molar-refractivity contribution >= 4 is 0 Å². The molecule has 2 unspecified atom stereocenters. The van der Waals surface area contributed by atoms with E-state index in [1.807, 2.05) is 0 Å². The lowest BCUT2D eigenvalue weighted by Crippen LogP contribution is -2.44. The van der Waals surface area contributed by atoms with E-state index in [2.05, 4.69) is 38.0 Å². The molecular weight excluding hydrogens is 212 g/mol. The largest absolute Gasteiger partial charge is 0.381 e. The highest BCUT2D eigenvalue weighted by Crippen LogP contribution is 2.17. The molecule has 17 heavy (non-hydrogen) atoms. The van der Waals surface area contributed by atoms with Crippen molar-refractivity contribution in [2.24, 2.45) is 0 Å². The van der Waals surface area contributed by atoms with Crippen LogP contribution in [0.3, 0.4) is 0 Å². The van der Waals surface area contributed by atoms with Gasteiger partial charge in [0.1, 0.15) is 0 Å². The van der Waals surface area contributed by atoms with Crippen LogP contribution in [0.1, 0.15) is 46.5 Å². The van der Waals surface area contributed by atoms with Crippen LogP contribution in [0.25, 0.3) is 0 Å². The van der Waals surface area contributed by atoms with E-state index in [9.17, 15) is 0 Å². The first-order chi connectivity index (χ1) is 8.15. The van der Waals surface area contributed by atoms with Crippen molar-refractivity contribution < 1.29 is 4.74 Å². The summed E-state index contributed by atoms with van der Waals surface area (Å²) in [5.41, 5.74) is 0. The Balaban J connectivity index is 2.27. The van der Waals surface area contributed by atoms with Crippen molar-refractivity contribution in [2.45, 2.75) is 64.6 Å². The average Bonchev–Trinajstić information content (AvgIpc) is 2.36. The summed E-state index contributed by atoms with van der Waals surface area (Å²) in [5.74, 6) is 0. The Morgan fingerprint density at radius 1 is 1.29 bits per heavy atom. The molecule has 3 nitrogen and oxygen atoms in total. The summed E-state index contributed by atoms with van der Waals surface area (Å²) in [4.78, 5) is 2.55. The van der Waals surface area contributed by atoms with Gasteiger partial charge in [0.25, 0.3) is 0 Å². The van der Waals surface area contributed by atoms with Gasteiger partial charge in [-0.2, -0.15) is 0 Å². The molecule has 0 spiro atoms. The Kier molecular flexibility index (Phi) is 7.09. The van der Waals surface area contributed by atoms with Crippen LogP contribution in [0.15, 0.2) is 0 Å². The first-order valence-electron chi connectivity index (χ1n) is 7.18. The SMILES string of the molecule is CCCNC(C)CC(C)N(C)C1CCOCC1. The Labute approximate surface area is 107 Å². The summed E-state index contributed by atoms with van der Waals surface area (Å²) < 4.78 is 5.42. The normalized spacial score (nSPS) is 21.7. The zero-order valence-electron chi connectivity index (χ0n) is 12.0. The molecule has 0 aromatic heterocycles. The fourth-order valence-electron chi connectivity index (χ4n) is 2.60. The summed E-state index contributed by atoms with van der Waals surface area (Å²) in [6.45, 7) is 9.87. The Hall–Kier alpha value is -0.120. The maximum atomic E-state index is 5.42. The second kappa shape index (κ2) is 8.06. The van der Waals surface area contributed by atoms with E-state index in [0.717, 1.165) is 25.8 Å². The molecule has 102 valence electrons. The van der Waals surface area contributed by atoms with E-state index in [-0.39, 0.29) is 0 Å².